The van der Waals surface area contributed by atoms with E-state index in [2.05, 4.69) is 23.6 Å². The predicted octanol–water partition coefficient (Wildman–Crippen LogP) is 2.87. The van der Waals surface area contributed by atoms with Gasteiger partial charge in [-0.05, 0) is 43.4 Å². The van der Waals surface area contributed by atoms with Crippen LogP contribution in [0.4, 0.5) is 10.5 Å². The van der Waals surface area contributed by atoms with Crippen LogP contribution in [-0.2, 0) is 11.8 Å². The molecular formula is C16H21N3O2. The first kappa shape index (κ1) is 13.9. The number of carbonyl (C=O) groups is 1. The van der Waals surface area contributed by atoms with Gasteiger partial charge in [0.15, 0.2) is 0 Å². The summed E-state index contributed by atoms with van der Waals surface area (Å²) in [4.78, 5) is 12.2. The van der Waals surface area contributed by atoms with Gasteiger partial charge >= 0.3 is 6.03 Å². The summed E-state index contributed by atoms with van der Waals surface area (Å²) in [5.41, 5.74) is 1.72. The Labute approximate surface area is 124 Å². The van der Waals surface area contributed by atoms with Gasteiger partial charge in [0, 0.05) is 43.2 Å². The first-order valence-electron chi connectivity index (χ1n) is 7.28. The molecule has 2 N–H and O–H groups in total. The van der Waals surface area contributed by atoms with Gasteiger partial charge < -0.3 is 19.9 Å². The highest BCUT2D eigenvalue weighted by Gasteiger charge is 2.28. The number of amides is 2. The van der Waals surface area contributed by atoms with Gasteiger partial charge in [-0.25, -0.2) is 4.79 Å². The maximum Gasteiger partial charge on any atom is 0.319 e. The molecule has 5 heteroatoms. The summed E-state index contributed by atoms with van der Waals surface area (Å²) in [6, 6.07) is 7.83. The Bertz CT molecular complexity index is 657. The number of rotatable bonds is 2. The van der Waals surface area contributed by atoms with Crippen LogP contribution in [-0.4, -0.2) is 29.4 Å². The van der Waals surface area contributed by atoms with E-state index in [-0.39, 0.29) is 11.6 Å². The number of aryl methyl sites for hydroxylation is 1. The van der Waals surface area contributed by atoms with E-state index in [9.17, 15) is 4.79 Å². The van der Waals surface area contributed by atoms with Gasteiger partial charge in [-0.3, -0.25) is 0 Å². The molecule has 0 atom stereocenters. The summed E-state index contributed by atoms with van der Waals surface area (Å²) in [6.07, 6.45) is 3.70. The van der Waals surface area contributed by atoms with E-state index >= 15 is 0 Å². The number of hydrogen-bond donors (Lipinski definition) is 2. The lowest BCUT2D eigenvalue weighted by atomic mass is 9.93. The molecule has 2 aromatic rings. The van der Waals surface area contributed by atoms with Crippen molar-refractivity contribution in [2.45, 2.75) is 25.3 Å². The molecule has 0 bridgehead atoms. The Kier molecular flexibility index (Phi) is 3.59. The molecule has 21 heavy (non-hydrogen) atoms. The van der Waals surface area contributed by atoms with E-state index in [1.807, 2.05) is 36.0 Å². The molecule has 2 heterocycles. The zero-order valence-electron chi connectivity index (χ0n) is 12.5. The minimum absolute atomic E-state index is 0.159. The minimum Gasteiger partial charge on any atom is -0.381 e. The molecule has 1 aromatic heterocycles. The number of nitrogens with zero attached hydrogens (tertiary/aromatic N) is 1. The standard InChI is InChI=1S/C16H21N3O2/c1-16(6-9-21-10-7-16)18-15(20)17-13-4-3-12-5-8-19(2)14(12)11-13/h3-5,8,11H,6-7,9-10H2,1-2H3,(H2,17,18,20). The van der Waals surface area contributed by atoms with Crippen molar-refractivity contribution in [1.82, 2.24) is 9.88 Å². The Hall–Kier alpha value is -2.01. The highest BCUT2D eigenvalue weighted by atomic mass is 16.5. The fraction of sp³-hybridized carbons (Fsp3) is 0.438. The van der Waals surface area contributed by atoms with E-state index in [0.29, 0.717) is 13.2 Å². The highest BCUT2D eigenvalue weighted by molar-refractivity contribution is 5.93. The van der Waals surface area contributed by atoms with Crippen LogP contribution in [0.1, 0.15) is 19.8 Å². The second-order valence-corrected chi connectivity index (χ2v) is 5.95. The monoisotopic (exact) mass is 287 g/mol. The third-order valence-electron chi connectivity index (χ3n) is 4.16. The van der Waals surface area contributed by atoms with Crippen molar-refractivity contribution in [2.75, 3.05) is 18.5 Å². The number of ether oxygens (including phenoxy) is 1. The van der Waals surface area contributed by atoms with Crippen LogP contribution in [0, 0.1) is 0 Å². The molecule has 5 nitrogen and oxygen atoms in total. The summed E-state index contributed by atoms with van der Waals surface area (Å²) < 4.78 is 7.38. The topological polar surface area (TPSA) is 55.3 Å². The van der Waals surface area contributed by atoms with Crippen molar-refractivity contribution >= 4 is 22.6 Å². The zero-order chi connectivity index (χ0) is 14.9. The average Bonchev–Trinajstić information content (AvgIpc) is 2.80. The van der Waals surface area contributed by atoms with E-state index < -0.39 is 0 Å². The molecule has 1 saturated heterocycles. The highest BCUT2D eigenvalue weighted by Crippen LogP contribution is 2.22. The maximum atomic E-state index is 12.2. The Morgan fingerprint density at radius 3 is 2.81 bits per heavy atom. The Morgan fingerprint density at radius 2 is 2.05 bits per heavy atom. The zero-order valence-corrected chi connectivity index (χ0v) is 12.5. The number of nitrogens with one attached hydrogen (secondary N) is 2. The lowest BCUT2D eigenvalue weighted by molar-refractivity contribution is 0.0500. The van der Waals surface area contributed by atoms with Crippen molar-refractivity contribution in [3.05, 3.63) is 30.5 Å². The summed E-state index contributed by atoms with van der Waals surface area (Å²) in [5.74, 6) is 0. The first-order valence-corrected chi connectivity index (χ1v) is 7.28. The van der Waals surface area contributed by atoms with Crippen molar-refractivity contribution in [1.29, 1.82) is 0 Å². The number of benzene rings is 1. The van der Waals surface area contributed by atoms with Gasteiger partial charge in [0.2, 0.25) is 0 Å². The van der Waals surface area contributed by atoms with Crippen LogP contribution in [0.2, 0.25) is 0 Å². The number of urea groups is 1. The SMILES string of the molecule is Cn1ccc2ccc(NC(=O)NC3(C)CCOCC3)cc21. The lowest BCUT2D eigenvalue weighted by Crippen LogP contribution is -2.51. The molecule has 2 amide bonds. The second kappa shape index (κ2) is 5.41. The molecular weight excluding hydrogens is 266 g/mol. The van der Waals surface area contributed by atoms with Crippen molar-refractivity contribution in [2.24, 2.45) is 7.05 Å². The van der Waals surface area contributed by atoms with Crippen LogP contribution >= 0.6 is 0 Å². The Balaban J connectivity index is 1.69. The molecule has 1 aromatic carbocycles. The summed E-state index contributed by atoms with van der Waals surface area (Å²) in [5, 5.41) is 7.15. The second-order valence-electron chi connectivity index (χ2n) is 5.95. The van der Waals surface area contributed by atoms with Crippen molar-refractivity contribution in [3.63, 3.8) is 0 Å². The number of aromatic nitrogens is 1. The average molecular weight is 287 g/mol. The summed E-state index contributed by atoms with van der Waals surface area (Å²) >= 11 is 0. The normalized spacial score (nSPS) is 17.6. The molecule has 0 unspecified atom stereocenters. The predicted molar refractivity (Wildman–Crippen MR) is 83.5 cm³/mol. The molecule has 1 fully saturated rings. The van der Waals surface area contributed by atoms with Crippen LogP contribution in [0.3, 0.4) is 0 Å². The number of carbonyl (C=O) groups excluding carboxylic acids is 1. The summed E-state index contributed by atoms with van der Waals surface area (Å²) in [6.45, 7) is 3.47. The molecule has 0 radical (unpaired) electrons. The van der Waals surface area contributed by atoms with Crippen LogP contribution < -0.4 is 10.6 Å². The minimum atomic E-state index is -0.183. The number of anilines is 1. The molecule has 1 aliphatic rings. The number of hydrogen-bond acceptors (Lipinski definition) is 2. The third-order valence-corrected chi connectivity index (χ3v) is 4.16. The maximum absolute atomic E-state index is 12.2. The van der Waals surface area contributed by atoms with Gasteiger partial charge in [0.25, 0.3) is 0 Å². The fourth-order valence-corrected chi connectivity index (χ4v) is 2.72. The van der Waals surface area contributed by atoms with Crippen molar-refractivity contribution < 1.29 is 9.53 Å². The van der Waals surface area contributed by atoms with Gasteiger partial charge in [-0.2, -0.15) is 0 Å². The first-order chi connectivity index (χ1) is 10.1. The smallest absolute Gasteiger partial charge is 0.319 e. The van der Waals surface area contributed by atoms with Crippen molar-refractivity contribution in [3.8, 4) is 0 Å². The van der Waals surface area contributed by atoms with Crippen LogP contribution in [0.5, 0.6) is 0 Å². The molecule has 3 rings (SSSR count). The van der Waals surface area contributed by atoms with E-state index in [1.165, 1.54) is 5.39 Å². The summed E-state index contributed by atoms with van der Waals surface area (Å²) in [7, 11) is 2.00. The van der Waals surface area contributed by atoms with Crippen LogP contribution in [0.25, 0.3) is 10.9 Å². The van der Waals surface area contributed by atoms with Gasteiger partial charge in [0.05, 0.1) is 0 Å². The fourth-order valence-electron chi connectivity index (χ4n) is 2.72. The van der Waals surface area contributed by atoms with E-state index in [4.69, 9.17) is 4.74 Å². The molecule has 0 saturated carbocycles. The molecule has 1 aliphatic heterocycles. The van der Waals surface area contributed by atoms with Gasteiger partial charge in [-0.1, -0.05) is 6.07 Å². The Morgan fingerprint density at radius 1 is 1.29 bits per heavy atom. The molecule has 112 valence electrons. The van der Waals surface area contributed by atoms with Gasteiger partial charge in [0.1, 0.15) is 0 Å². The third kappa shape index (κ3) is 3.03. The largest absolute Gasteiger partial charge is 0.381 e. The molecule has 0 spiro atoms. The van der Waals surface area contributed by atoms with E-state index in [0.717, 1.165) is 24.0 Å². The van der Waals surface area contributed by atoms with Gasteiger partial charge in [-0.15, -0.1) is 0 Å². The van der Waals surface area contributed by atoms with Crippen LogP contribution in [0.15, 0.2) is 30.5 Å². The quantitative estimate of drug-likeness (QED) is 0.892. The van der Waals surface area contributed by atoms with E-state index in [1.54, 1.807) is 0 Å². The lowest BCUT2D eigenvalue weighted by Gasteiger charge is -2.34. The number of fused-ring (bicyclic) bond motifs is 1. The molecule has 0 aliphatic carbocycles.